The highest BCUT2D eigenvalue weighted by molar-refractivity contribution is 7.99. The molecule has 2 aliphatic heterocycles. The van der Waals surface area contributed by atoms with Crippen molar-refractivity contribution in [3.63, 3.8) is 0 Å². The molecule has 2 aliphatic rings. The standard InChI is InChI=1S/C12H21NO2S/c14-12(15)11(10-4-7-16-9-10)8-13-5-2-1-3-6-13/h10-11H,1-9H2,(H,14,15). The summed E-state index contributed by atoms with van der Waals surface area (Å²) in [7, 11) is 0. The van der Waals surface area contributed by atoms with E-state index in [1.165, 1.54) is 19.3 Å². The first-order chi connectivity index (χ1) is 7.77. The van der Waals surface area contributed by atoms with Gasteiger partial charge < -0.3 is 10.0 Å². The minimum absolute atomic E-state index is 0.131. The zero-order valence-electron chi connectivity index (χ0n) is 9.73. The maximum absolute atomic E-state index is 11.3. The molecule has 92 valence electrons. The summed E-state index contributed by atoms with van der Waals surface area (Å²) < 4.78 is 0. The van der Waals surface area contributed by atoms with Gasteiger partial charge in [0.05, 0.1) is 5.92 Å². The summed E-state index contributed by atoms with van der Waals surface area (Å²) in [5, 5.41) is 9.33. The van der Waals surface area contributed by atoms with E-state index < -0.39 is 5.97 Å². The zero-order chi connectivity index (χ0) is 11.4. The van der Waals surface area contributed by atoms with Gasteiger partial charge in [-0.3, -0.25) is 4.79 Å². The Balaban J connectivity index is 1.88. The van der Waals surface area contributed by atoms with Crippen molar-refractivity contribution in [2.45, 2.75) is 25.7 Å². The molecule has 2 fully saturated rings. The molecule has 0 saturated carbocycles. The van der Waals surface area contributed by atoms with Crippen LogP contribution in [0.5, 0.6) is 0 Å². The van der Waals surface area contributed by atoms with Crippen LogP contribution in [-0.2, 0) is 4.79 Å². The second kappa shape index (κ2) is 5.92. The number of hydrogen-bond acceptors (Lipinski definition) is 3. The van der Waals surface area contributed by atoms with Crippen molar-refractivity contribution >= 4 is 17.7 Å². The predicted molar refractivity (Wildman–Crippen MR) is 66.8 cm³/mol. The van der Waals surface area contributed by atoms with E-state index in [2.05, 4.69) is 4.90 Å². The summed E-state index contributed by atoms with van der Waals surface area (Å²) in [5.74, 6) is 1.88. The van der Waals surface area contributed by atoms with Gasteiger partial charge in [-0.15, -0.1) is 0 Å². The molecule has 2 rings (SSSR count). The summed E-state index contributed by atoms with van der Waals surface area (Å²) in [6.07, 6.45) is 4.89. The average molecular weight is 243 g/mol. The van der Waals surface area contributed by atoms with Crippen molar-refractivity contribution in [3.8, 4) is 0 Å². The molecule has 2 atom stereocenters. The van der Waals surface area contributed by atoms with E-state index >= 15 is 0 Å². The normalized spacial score (nSPS) is 29.1. The Morgan fingerprint density at radius 2 is 2.12 bits per heavy atom. The molecule has 4 heteroatoms. The lowest BCUT2D eigenvalue weighted by Crippen LogP contribution is -2.39. The SMILES string of the molecule is O=C(O)C(CN1CCCCC1)C1CCSC1. The maximum Gasteiger partial charge on any atom is 0.308 e. The number of aliphatic carboxylic acids is 1. The van der Waals surface area contributed by atoms with E-state index in [9.17, 15) is 9.90 Å². The largest absolute Gasteiger partial charge is 0.481 e. The third-order valence-corrected chi connectivity index (χ3v) is 4.94. The van der Waals surface area contributed by atoms with E-state index in [-0.39, 0.29) is 5.92 Å². The van der Waals surface area contributed by atoms with Gasteiger partial charge in [-0.05, 0) is 49.8 Å². The third-order valence-electron chi connectivity index (χ3n) is 3.75. The summed E-state index contributed by atoms with van der Waals surface area (Å²) in [6, 6.07) is 0. The van der Waals surface area contributed by atoms with Gasteiger partial charge in [0.25, 0.3) is 0 Å². The fraction of sp³-hybridized carbons (Fsp3) is 0.917. The smallest absolute Gasteiger partial charge is 0.308 e. The van der Waals surface area contributed by atoms with Crippen LogP contribution >= 0.6 is 11.8 Å². The molecule has 2 unspecified atom stereocenters. The van der Waals surface area contributed by atoms with Crippen molar-refractivity contribution in [3.05, 3.63) is 0 Å². The van der Waals surface area contributed by atoms with E-state index in [4.69, 9.17) is 0 Å². The molecule has 1 N–H and O–H groups in total. The number of carboxylic acids is 1. The zero-order valence-corrected chi connectivity index (χ0v) is 10.5. The molecule has 0 aromatic rings. The van der Waals surface area contributed by atoms with Crippen molar-refractivity contribution in [1.29, 1.82) is 0 Å². The summed E-state index contributed by atoms with van der Waals surface area (Å²) >= 11 is 1.91. The van der Waals surface area contributed by atoms with Gasteiger partial charge in [-0.2, -0.15) is 11.8 Å². The lowest BCUT2D eigenvalue weighted by atomic mass is 9.91. The van der Waals surface area contributed by atoms with Crippen molar-refractivity contribution in [2.24, 2.45) is 11.8 Å². The van der Waals surface area contributed by atoms with E-state index in [1.54, 1.807) is 0 Å². The first-order valence-corrected chi connectivity index (χ1v) is 7.46. The lowest BCUT2D eigenvalue weighted by Gasteiger charge is -2.30. The molecule has 0 spiro atoms. The molecule has 3 nitrogen and oxygen atoms in total. The quantitative estimate of drug-likeness (QED) is 0.819. The Kier molecular flexibility index (Phi) is 4.53. The topological polar surface area (TPSA) is 40.5 Å². The van der Waals surface area contributed by atoms with Gasteiger partial charge >= 0.3 is 5.97 Å². The van der Waals surface area contributed by atoms with Gasteiger partial charge in [0.2, 0.25) is 0 Å². The van der Waals surface area contributed by atoms with E-state index in [0.29, 0.717) is 5.92 Å². The van der Waals surface area contributed by atoms with Crippen LogP contribution in [0.25, 0.3) is 0 Å². The van der Waals surface area contributed by atoms with Crippen molar-refractivity contribution < 1.29 is 9.90 Å². The monoisotopic (exact) mass is 243 g/mol. The molecular weight excluding hydrogens is 222 g/mol. The number of carboxylic acid groups (broad SMARTS) is 1. The molecule has 0 aromatic carbocycles. The number of hydrogen-bond donors (Lipinski definition) is 1. The molecule has 2 saturated heterocycles. The minimum Gasteiger partial charge on any atom is -0.481 e. The van der Waals surface area contributed by atoms with Gasteiger partial charge in [0, 0.05) is 6.54 Å². The van der Waals surface area contributed by atoms with Gasteiger partial charge in [0.1, 0.15) is 0 Å². The van der Waals surface area contributed by atoms with Crippen LogP contribution < -0.4 is 0 Å². The minimum atomic E-state index is -0.585. The molecular formula is C12H21NO2S. The second-order valence-electron chi connectivity index (χ2n) is 4.93. The number of rotatable bonds is 4. The van der Waals surface area contributed by atoms with E-state index in [0.717, 1.165) is 37.6 Å². The van der Waals surface area contributed by atoms with Crippen LogP contribution in [0.3, 0.4) is 0 Å². The Morgan fingerprint density at radius 3 is 2.69 bits per heavy atom. The number of nitrogens with zero attached hydrogens (tertiary/aromatic N) is 1. The fourth-order valence-corrected chi connectivity index (χ4v) is 4.06. The van der Waals surface area contributed by atoms with Crippen molar-refractivity contribution in [2.75, 3.05) is 31.1 Å². The molecule has 0 bridgehead atoms. The Bertz CT molecular complexity index is 235. The first kappa shape index (κ1) is 12.2. The lowest BCUT2D eigenvalue weighted by molar-refractivity contribution is -0.144. The first-order valence-electron chi connectivity index (χ1n) is 6.30. The van der Waals surface area contributed by atoms with Crippen LogP contribution in [-0.4, -0.2) is 47.1 Å². The van der Waals surface area contributed by atoms with Crippen LogP contribution in [0, 0.1) is 11.8 Å². The maximum atomic E-state index is 11.3. The molecule has 0 amide bonds. The van der Waals surface area contributed by atoms with Crippen LogP contribution in [0.4, 0.5) is 0 Å². The van der Waals surface area contributed by atoms with E-state index in [1.807, 2.05) is 11.8 Å². The Hall–Kier alpha value is -0.220. The van der Waals surface area contributed by atoms with Gasteiger partial charge in [-0.25, -0.2) is 0 Å². The number of piperidine rings is 1. The van der Waals surface area contributed by atoms with Gasteiger partial charge in [-0.1, -0.05) is 6.42 Å². The third kappa shape index (κ3) is 3.14. The Morgan fingerprint density at radius 1 is 1.38 bits per heavy atom. The average Bonchev–Trinajstić information content (AvgIpc) is 2.80. The predicted octanol–water partition coefficient (Wildman–Crippen LogP) is 1.93. The number of likely N-dealkylation sites (tertiary alicyclic amines) is 1. The number of carbonyl (C=O) groups is 1. The van der Waals surface area contributed by atoms with Crippen LogP contribution in [0.1, 0.15) is 25.7 Å². The second-order valence-corrected chi connectivity index (χ2v) is 6.08. The molecule has 16 heavy (non-hydrogen) atoms. The van der Waals surface area contributed by atoms with Crippen molar-refractivity contribution in [1.82, 2.24) is 4.90 Å². The van der Waals surface area contributed by atoms with Crippen LogP contribution in [0.2, 0.25) is 0 Å². The molecule has 2 heterocycles. The number of thioether (sulfide) groups is 1. The van der Waals surface area contributed by atoms with Gasteiger partial charge in [0.15, 0.2) is 0 Å². The summed E-state index contributed by atoms with van der Waals surface area (Å²) in [4.78, 5) is 13.7. The highest BCUT2D eigenvalue weighted by Gasteiger charge is 2.32. The van der Waals surface area contributed by atoms with Crippen LogP contribution in [0.15, 0.2) is 0 Å². The molecule has 0 aromatic heterocycles. The highest BCUT2D eigenvalue weighted by Crippen LogP contribution is 2.31. The summed E-state index contributed by atoms with van der Waals surface area (Å²) in [5.41, 5.74) is 0. The fourth-order valence-electron chi connectivity index (χ4n) is 2.72. The Labute approximate surface area is 102 Å². The molecule has 0 radical (unpaired) electrons. The summed E-state index contributed by atoms with van der Waals surface area (Å²) in [6.45, 7) is 2.98. The highest BCUT2D eigenvalue weighted by atomic mass is 32.2. The molecule has 0 aliphatic carbocycles.